The summed E-state index contributed by atoms with van der Waals surface area (Å²) >= 11 is 0. The first-order valence-electron chi connectivity index (χ1n) is 20.9. The van der Waals surface area contributed by atoms with Gasteiger partial charge in [-0.3, -0.25) is 10.6 Å². The molecule has 4 aromatic rings. The quantitative estimate of drug-likeness (QED) is 0.0462. The van der Waals surface area contributed by atoms with Crippen LogP contribution in [0.2, 0.25) is 0 Å². The van der Waals surface area contributed by atoms with Crippen LogP contribution in [0.15, 0.2) is 139 Å². The SMILES string of the molecule is C=CC(C/C=C/C(CC)(CC)OC(=O)Nc1cccc(Cc2cccc(C#N)c2)c1)CC/C=C/CC(CC)(CC)OC(=O)Nc1cccc(Cc2cccc(N=C=O)c2)c1. The molecular weight excluding hydrogens is 749 g/mol. The van der Waals surface area contributed by atoms with E-state index in [1.54, 1.807) is 18.2 Å². The summed E-state index contributed by atoms with van der Waals surface area (Å²) < 4.78 is 12.1. The van der Waals surface area contributed by atoms with Crippen molar-refractivity contribution in [3.63, 3.8) is 0 Å². The van der Waals surface area contributed by atoms with Crippen molar-refractivity contribution in [2.45, 2.75) is 103 Å². The van der Waals surface area contributed by atoms with Crippen molar-refractivity contribution in [2.24, 2.45) is 10.9 Å². The molecule has 9 heteroatoms. The lowest BCUT2D eigenvalue weighted by atomic mass is 9.92. The van der Waals surface area contributed by atoms with Crippen LogP contribution in [0.25, 0.3) is 0 Å². The summed E-state index contributed by atoms with van der Waals surface area (Å²) in [6.45, 7) is 12.2. The zero-order valence-electron chi connectivity index (χ0n) is 35.4. The molecular formula is C51H58N4O5. The molecule has 0 saturated heterocycles. The molecule has 4 aromatic carbocycles. The number of hydrogen-bond acceptors (Lipinski definition) is 7. The Morgan fingerprint density at radius 2 is 1.32 bits per heavy atom. The third-order valence-corrected chi connectivity index (χ3v) is 10.9. The summed E-state index contributed by atoms with van der Waals surface area (Å²) in [6, 6.07) is 32.4. The van der Waals surface area contributed by atoms with Crippen LogP contribution in [-0.2, 0) is 27.1 Å². The number of ether oxygens (including phenoxy) is 2. The van der Waals surface area contributed by atoms with Gasteiger partial charge in [-0.25, -0.2) is 14.4 Å². The number of nitriles is 1. The maximum absolute atomic E-state index is 13.1. The molecule has 0 aliphatic heterocycles. The van der Waals surface area contributed by atoms with E-state index in [2.05, 4.69) is 46.5 Å². The molecule has 0 bridgehead atoms. The predicted molar refractivity (Wildman–Crippen MR) is 241 cm³/mol. The second kappa shape index (κ2) is 23.8. The minimum atomic E-state index is -0.745. The van der Waals surface area contributed by atoms with Crippen molar-refractivity contribution in [3.05, 3.63) is 162 Å². The van der Waals surface area contributed by atoms with E-state index in [1.807, 2.05) is 125 Å². The fourth-order valence-corrected chi connectivity index (χ4v) is 7.10. The lowest BCUT2D eigenvalue weighted by Gasteiger charge is -2.30. The average Bonchev–Trinajstić information content (AvgIpc) is 3.25. The van der Waals surface area contributed by atoms with Crippen LogP contribution in [0.1, 0.15) is 107 Å². The maximum atomic E-state index is 13.1. The Hall–Kier alpha value is -6.49. The highest BCUT2D eigenvalue weighted by Crippen LogP contribution is 2.28. The molecule has 0 aromatic heterocycles. The van der Waals surface area contributed by atoms with Crippen LogP contribution in [-0.4, -0.2) is 29.5 Å². The van der Waals surface area contributed by atoms with Gasteiger partial charge in [-0.1, -0.05) is 101 Å². The van der Waals surface area contributed by atoms with Crippen molar-refractivity contribution in [1.29, 1.82) is 5.26 Å². The molecule has 1 atom stereocenters. The van der Waals surface area contributed by atoms with Gasteiger partial charge in [0.2, 0.25) is 6.08 Å². The minimum Gasteiger partial charge on any atom is -0.442 e. The van der Waals surface area contributed by atoms with Gasteiger partial charge in [0.15, 0.2) is 0 Å². The van der Waals surface area contributed by atoms with Gasteiger partial charge >= 0.3 is 12.2 Å². The van der Waals surface area contributed by atoms with Gasteiger partial charge in [0.05, 0.1) is 17.3 Å². The number of anilines is 2. The fraction of sp³-hybridized carbons (Fsp3) is 0.333. The van der Waals surface area contributed by atoms with Gasteiger partial charge in [0.25, 0.3) is 0 Å². The first-order chi connectivity index (χ1) is 29.1. The van der Waals surface area contributed by atoms with Crippen LogP contribution >= 0.6 is 0 Å². The highest BCUT2D eigenvalue weighted by Gasteiger charge is 2.30. The molecule has 0 fully saturated rings. The first kappa shape index (κ1) is 46.2. The third kappa shape index (κ3) is 14.7. The van der Waals surface area contributed by atoms with Gasteiger partial charge in [-0.05, 0) is 141 Å². The van der Waals surface area contributed by atoms with Gasteiger partial charge in [0.1, 0.15) is 11.2 Å². The highest BCUT2D eigenvalue weighted by atomic mass is 16.6. The minimum absolute atomic E-state index is 0.233. The zero-order valence-corrected chi connectivity index (χ0v) is 35.4. The maximum Gasteiger partial charge on any atom is 0.412 e. The lowest BCUT2D eigenvalue weighted by molar-refractivity contribution is 0.0151. The average molecular weight is 807 g/mol. The van der Waals surface area contributed by atoms with E-state index >= 15 is 0 Å². The number of allylic oxidation sites excluding steroid dienone is 3. The summed E-state index contributed by atoms with van der Waals surface area (Å²) in [5.41, 5.74) is 5.10. The van der Waals surface area contributed by atoms with Crippen LogP contribution < -0.4 is 10.6 Å². The summed E-state index contributed by atoms with van der Waals surface area (Å²) in [7, 11) is 0. The van der Waals surface area contributed by atoms with Crippen molar-refractivity contribution in [2.75, 3.05) is 10.6 Å². The van der Waals surface area contributed by atoms with Crippen molar-refractivity contribution in [3.8, 4) is 6.07 Å². The first-order valence-corrected chi connectivity index (χ1v) is 20.9. The fourth-order valence-electron chi connectivity index (χ4n) is 7.10. The van der Waals surface area contributed by atoms with Crippen molar-refractivity contribution >= 4 is 35.3 Å². The number of aliphatic imine (C=N–C) groups is 1. The van der Waals surface area contributed by atoms with Gasteiger partial charge < -0.3 is 9.47 Å². The van der Waals surface area contributed by atoms with E-state index in [4.69, 9.17) is 9.47 Å². The molecule has 9 nitrogen and oxygen atoms in total. The van der Waals surface area contributed by atoms with Crippen LogP contribution in [0.3, 0.4) is 0 Å². The number of benzene rings is 4. The number of nitrogens with one attached hydrogen (secondary N) is 2. The largest absolute Gasteiger partial charge is 0.442 e. The predicted octanol–water partition coefficient (Wildman–Crippen LogP) is 13.1. The smallest absolute Gasteiger partial charge is 0.412 e. The van der Waals surface area contributed by atoms with E-state index in [9.17, 15) is 19.6 Å². The molecule has 0 spiro atoms. The molecule has 2 N–H and O–H groups in total. The molecule has 0 saturated carbocycles. The Balaban J connectivity index is 1.25. The monoisotopic (exact) mass is 806 g/mol. The van der Waals surface area contributed by atoms with Crippen molar-refractivity contribution < 1.29 is 23.9 Å². The second-order valence-corrected chi connectivity index (χ2v) is 15.0. The number of carbonyl (C=O) groups is 2. The Morgan fingerprint density at radius 3 is 1.88 bits per heavy atom. The Bertz CT molecular complexity index is 2190. The van der Waals surface area contributed by atoms with E-state index < -0.39 is 23.4 Å². The molecule has 2 amide bonds. The molecule has 0 radical (unpaired) electrons. The lowest BCUT2D eigenvalue weighted by Crippen LogP contribution is -2.35. The van der Waals surface area contributed by atoms with E-state index in [0.717, 1.165) is 41.5 Å². The standard InChI is InChI=1S/C51H58N4O5/c1-6-39(25-18-30-51(9-4,10-5)60-49(58)55-46-27-16-22-42(35-46)31-40-20-14-24-44(33-40)37-52)19-12-11-13-29-50(7-2,8-3)59-48(57)54-47-28-17-23-43(36-47)32-41-21-15-26-45(34-41)53-38-56/h6,11,13-18,20-24,26-28,30,33-36,39H,1,7-10,12,19,25,29,31-32H2,2-5H3,(H,54,57)(H,55,58)/b13-11+,30-18+. The topological polar surface area (TPSA) is 130 Å². The molecule has 312 valence electrons. The van der Waals surface area contributed by atoms with Gasteiger partial charge in [-0.2, -0.15) is 10.3 Å². The number of amides is 2. The normalized spacial score (nSPS) is 12.0. The zero-order chi connectivity index (χ0) is 43.2. The number of hydrogen-bond donors (Lipinski definition) is 2. The van der Waals surface area contributed by atoms with Crippen LogP contribution in [0, 0.1) is 17.2 Å². The Morgan fingerprint density at radius 1 is 0.750 bits per heavy atom. The molecule has 0 heterocycles. The molecule has 0 aliphatic carbocycles. The number of nitrogens with zero attached hydrogens (tertiary/aromatic N) is 2. The second-order valence-electron chi connectivity index (χ2n) is 15.0. The molecule has 1 unspecified atom stereocenters. The molecule has 0 aliphatic rings. The molecule has 4 rings (SSSR count). The highest BCUT2D eigenvalue weighted by molar-refractivity contribution is 5.85. The van der Waals surface area contributed by atoms with Crippen LogP contribution in [0.5, 0.6) is 0 Å². The Kier molecular flexibility index (Phi) is 18.3. The number of isocyanates is 1. The number of rotatable bonds is 22. The van der Waals surface area contributed by atoms with Crippen LogP contribution in [0.4, 0.5) is 26.7 Å². The van der Waals surface area contributed by atoms with E-state index in [1.165, 1.54) is 0 Å². The summed E-state index contributed by atoms with van der Waals surface area (Å²) in [5.74, 6) is 0.233. The van der Waals surface area contributed by atoms with E-state index in [-0.39, 0.29) is 5.92 Å². The molecule has 60 heavy (non-hydrogen) atoms. The third-order valence-electron chi connectivity index (χ3n) is 10.9. The summed E-state index contributed by atoms with van der Waals surface area (Å²) in [6.07, 6.45) is 17.8. The van der Waals surface area contributed by atoms with E-state index in [0.29, 0.717) is 67.6 Å². The van der Waals surface area contributed by atoms with Crippen molar-refractivity contribution in [1.82, 2.24) is 0 Å². The van der Waals surface area contributed by atoms with Gasteiger partial charge in [-0.15, -0.1) is 6.58 Å². The van der Waals surface area contributed by atoms with Gasteiger partial charge in [0, 0.05) is 17.8 Å². The summed E-state index contributed by atoms with van der Waals surface area (Å²) in [4.78, 5) is 40.6. The Labute approximate surface area is 355 Å². The number of carbonyl (C=O) groups excluding carboxylic acids is 3. The summed E-state index contributed by atoms with van der Waals surface area (Å²) in [5, 5.41) is 15.0.